The smallest absolute Gasteiger partial charge is 0.324 e. The molecule has 0 atom stereocenters. The molecule has 224 valence electrons. The van der Waals surface area contributed by atoms with Gasteiger partial charge >= 0.3 is 5.97 Å². The van der Waals surface area contributed by atoms with Crippen LogP contribution in [0.2, 0.25) is 5.02 Å². The Balaban J connectivity index is 0.000000671. The molecule has 1 aromatic carbocycles. The number of carbonyl (C=O) groups is 5. The van der Waals surface area contributed by atoms with E-state index in [0.717, 1.165) is 24.9 Å². The third-order valence-corrected chi connectivity index (χ3v) is 5.07. The normalized spacial score (nSPS) is 10.0. The number of hydrogen-bond acceptors (Lipinski definition) is 8. The first-order valence-corrected chi connectivity index (χ1v) is 12.9. The van der Waals surface area contributed by atoms with Crippen molar-refractivity contribution in [1.82, 2.24) is 14.9 Å². The Bertz CT molecular complexity index is 1260. The maximum absolute atomic E-state index is 11.9. The predicted octanol–water partition coefficient (Wildman–Crippen LogP) is 2.29. The number of H-pyrrole nitrogens is 1. The number of hydrazine groups is 1. The molecular weight excluding hydrogens is 556 g/mol. The van der Waals surface area contributed by atoms with E-state index in [4.69, 9.17) is 28.3 Å². The van der Waals surface area contributed by atoms with Crippen molar-refractivity contribution in [3.63, 3.8) is 0 Å². The topological polar surface area (TPSA) is 209 Å². The standard InChI is InChI=1S/C12H10ClN3O2.C11H19N3O4.C4H8O/c13-8-6-7(3-4-9(8)14)11(17)16-10-2-1-5-15-12(10)18;1-3-7-13(4-2)9(15)5-6-10(16)14(12)8-11(17)18;1-4(2)3-5/h1-6H,14H2,(H,15,18)(H,16,17);5-6H,3-4,7-8,12H2,1-2H3,(H,17,18);3-4H,1-2H3/b;6-5+;. The summed E-state index contributed by atoms with van der Waals surface area (Å²) in [5.74, 6) is 2.74. The Kier molecular flexibility index (Phi) is 17.4. The monoisotopic (exact) mass is 592 g/mol. The van der Waals surface area contributed by atoms with E-state index >= 15 is 0 Å². The van der Waals surface area contributed by atoms with Crippen LogP contribution in [0.1, 0.15) is 44.5 Å². The predicted molar refractivity (Wildman–Crippen MR) is 157 cm³/mol. The minimum Gasteiger partial charge on any atom is -0.480 e. The second-order valence-electron chi connectivity index (χ2n) is 8.59. The molecule has 2 rings (SSSR count). The van der Waals surface area contributed by atoms with Crippen LogP contribution in [0.5, 0.6) is 0 Å². The van der Waals surface area contributed by atoms with E-state index < -0.39 is 24.3 Å². The highest BCUT2D eigenvalue weighted by atomic mass is 35.5. The molecule has 0 unspecified atom stereocenters. The summed E-state index contributed by atoms with van der Waals surface area (Å²) in [6, 6.07) is 7.64. The molecule has 0 bridgehead atoms. The van der Waals surface area contributed by atoms with Crippen LogP contribution >= 0.6 is 11.6 Å². The lowest BCUT2D eigenvalue weighted by molar-refractivity contribution is -0.142. The lowest BCUT2D eigenvalue weighted by Gasteiger charge is -2.18. The van der Waals surface area contributed by atoms with Crippen molar-refractivity contribution in [2.24, 2.45) is 11.8 Å². The highest BCUT2D eigenvalue weighted by molar-refractivity contribution is 6.33. The van der Waals surface area contributed by atoms with Crippen molar-refractivity contribution in [2.45, 2.75) is 34.1 Å². The van der Waals surface area contributed by atoms with Crippen molar-refractivity contribution >= 4 is 53.0 Å². The second kappa shape index (κ2) is 19.6. The van der Waals surface area contributed by atoms with Crippen LogP contribution in [0.4, 0.5) is 11.4 Å². The van der Waals surface area contributed by atoms with E-state index in [1.165, 1.54) is 30.5 Å². The molecule has 3 amide bonds. The minimum absolute atomic E-state index is 0.176. The molecule has 2 aromatic rings. The molecular formula is C27H37ClN6O7. The van der Waals surface area contributed by atoms with Crippen LogP contribution in [0.3, 0.4) is 0 Å². The number of nitrogens with zero attached hydrogens (tertiary/aromatic N) is 2. The van der Waals surface area contributed by atoms with Gasteiger partial charge in [0.25, 0.3) is 17.4 Å². The Morgan fingerprint density at radius 2 is 1.73 bits per heavy atom. The third kappa shape index (κ3) is 15.0. The highest BCUT2D eigenvalue weighted by Gasteiger charge is 2.12. The molecule has 0 radical (unpaired) electrons. The summed E-state index contributed by atoms with van der Waals surface area (Å²) in [4.78, 5) is 70.1. The number of carbonyl (C=O) groups excluding carboxylic acids is 4. The van der Waals surface area contributed by atoms with E-state index in [-0.39, 0.29) is 23.1 Å². The molecule has 0 aliphatic rings. The molecule has 1 aromatic heterocycles. The van der Waals surface area contributed by atoms with Gasteiger partial charge in [-0.25, -0.2) is 5.84 Å². The average molecular weight is 593 g/mol. The number of carboxylic acid groups (broad SMARTS) is 1. The highest BCUT2D eigenvalue weighted by Crippen LogP contribution is 2.20. The Hall–Kier alpha value is -4.49. The zero-order chi connectivity index (χ0) is 31.5. The van der Waals surface area contributed by atoms with Crippen molar-refractivity contribution in [2.75, 3.05) is 30.7 Å². The average Bonchev–Trinajstić information content (AvgIpc) is 2.93. The zero-order valence-electron chi connectivity index (χ0n) is 23.4. The number of aliphatic carboxylic acids is 1. The number of halogens is 1. The number of nitrogen functional groups attached to an aromatic ring is 1. The molecule has 13 nitrogen and oxygen atoms in total. The van der Waals surface area contributed by atoms with Gasteiger partial charge in [0.15, 0.2) is 0 Å². The fourth-order valence-corrected chi connectivity index (χ4v) is 2.82. The number of aromatic amines is 1. The van der Waals surface area contributed by atoms with E-state index in [9.17, 15) is 28.8 Å². The lowest BCUT2D eigenvalue weighted by Crippen LogP contribution is -2.40. The maximum Gasteiger partial charge on any atom is 0.324 e. The van der Waals surface area contributed by atoms with E-state index in [2.05, 4.69) is 10.3 Å². The maximum atomic E-state index is 11.9. The van der Waals surface area contributed by atoms with Crippen molar-refractivity contribution in [3.8, 4) is 0 Å². The Labute approximate surface area is 243 Å². The Morgan fingerprint density at radius 3 is 2.22 bits per heavy atom. The van der Waals surface area contributed by atoms with Gasteiger partial charge < -0.3 is 30.8 Å². The van der Waals surface area contributed by atoms with Gasteiger partial charge in [0.1, 0.15) is 18.5 Å². The van der Waals surface area contributed by atoms with Gasteiger partial charge in [0, 0.05) is 42.9 Å². The van der Waals surface area contributed by atoms with Gasteiger partial charge in [-0.3, -0.25) is 29.0 Å². The lowest BCUT2D eigenvalue weighted by atomic mass is 10.2. The van der Waals surface area contributed by atoms with E-state index in [0.29, 0.717) is 34.4 Å². The number of aldehydes is 1. The molecule has 0 spiro atoms. The first-order chi connectivity index (χ1) is 19.3. The van der Waals surface area contributed by atoms with Crippen LogP contribution in [0.25, 0.3) is 0 Å². The summed E-state index contributed by atoms with van der Waals surface area (Å²) < 4.78 is 0. The molecule has 0 aliphatic carbocycles. The number of likely N-dealkylation sites (N-methyl/N-ethyl adjacent to an activating group) is 1. The number of aromatic nitrogens is 1. The third-order valence-electron chi connectivity index (χ3n) is 4.75. The molecule has 7 N–H and O–H groups in total. The first-order valence-electron chi connectivity index (χ1n) is 12.5. The van der Waals surface area contributed by atoms with Crippen molar-refractivity contribution < 1.29 is 29.1 Å². The number of pyridine rings is 1. The largest absolute Gasteiger partial charge is 0.480 e. The molecule has 0 fully saturated rings. The van der Waals surface area contributed by atoms with Gasteiger partial charge in [-0.2, -0.15) is 0 Å². The Morgan fingerprint density at radius 1 is 1.12 bits per heavy atom. The van der Waals surface area contributed by atoms with Crippen LogP contribution in [-0.4, -0.2) is 69.6 Å². The number of carboxylic acids is 1. The van der Waals surface area contributed by atoms with Gasteiger partial charge in [0.2, 0.25) is 5.91 Å². The number of anilines is 2. The van der Waals surface area contributed by atoms with Gasteiger partial charge in [-0.05, 0) is 43.7 Å². The summed E-state index contributed by atoms with van der Waals surface area (Å²) in [6.07, 6.45) is 5.30. The van der Waals surface area contributed by atoms with Gasteiger partial charge in [-0.1, -0.05) is 32.4 Å². The van der Waals surface area contributed by atoms with Gasteiger partial charge in [-0.15, -0.1) is 0 Å². The molecule has 0 saturated heterocycles. The van der Waals surface area contributed by atoms with Crippen molar-refractivity contribution in [1.29, 1.82) is 0 Å². The number of nitrogens with two attached hydrogens (primary N) is 2. The second-order valence-corrected chi connectivity index (χ2v) is 9.00. The molecule has 41 heavy (non-hydrogen) atoms. The molecule has 0 saturated carbocycles. The summed E-state index contributed by atoms with van der Waals surface area (Å²) in [5.41, 5.74) is 6.08. The number of nitrogens with one attached hydrogen (secondary N) is 2. The fraction of sp³-hybridized carbons (Fsp3) is 0.333. The summed E-state index contributed by atoms with van der Waals surface area (Å²) in [5, 5.41) is 11.8. The number of rotatable bonds is 10. The first kappa shape index (κ1) is 36.5. The number of amides is 3. The summed E-state index contributed by atoms with van der Waals surface area (Å²) >= 11 is 5.82. The van der Waals surface area contributed by atoms with E-state index in [1.807, 2.05) is 27.7 Å². The number of benzene rings is 1. The molecule has 0 aliphatic heterocycles. The van der Waals surface area contributed by atoms with Crippen LogP contribution < -0.4 is 22.5 Å². The summed E-state index contributed by atoms with van der Waals surface area (Å²) in [7, 11) is 0. The van der Waals surface area contributed by atoms with E-state index in [1.54, 1.807) is 11.0 Å². The van der Waals surface area contributed by atoms with Crippen LogP contribution in [0.15, 0.2) is 53.5 Å². The van der Waals surface area contributed by atoms with Crippen molar-refractivity contribution in [3.05, 3.63) is 69.6 Å². The number of hydrogen-bond donors (Lipinski definition) is 5. The SMILES string of the molecule is CC(C)C=O.CCCN(CC)C(=O)/C=C/C(=O)N(N)CC(=O)O.Nc1ccc(C(=O)Nc2ccc[nH]c2=O)cc1Cl. The fourth-order valence-electron chi connectivity index (χ4n) is 2.64. The van der Waals surface area contributed by atoms with Crippen LogP contribution in [-0.2, 0) is 19.2 Å². The molecule has 14 heteroatoms. The van der Waals surface area contributed by atoms with Gasteiger partial charge in [0.05, 0.1) is 10.7 Å². The van der Waals surface area contributed by atoms with Crippen LogP contribution in [0, 0.1) is 5.92 Å². The summed E-state index contributed by atoms with van der Waals surface area (Å²) in [6.45, 7) is 8.04. The minimum atomic E-state index is -1.22. The quantitative estimate of drug-likeness (QED) is 0.0683. The molecule has 1 heterocycles. The zero-order valence-corrected chi connectivity index (χ0v) is 24.2.